The molecule has 30 heavy (non-hydrogen) atoms. The van der Waals surface area contributed by atoms with E-state index in [0.717, 1.165) is 58.0 Å². The van der Waals surface area contributed by atoms with Crippen LogP contribution in [0.4, 0.5) is 0 Å². The number of hydrogen-bond acceptors (Lipinski definition) is 7. The van der Waals surface area contributed by atoms with Gasteiger partial charge in [-0.3, -0.25) is 29.0 Å². The molecule has 166 valence electrons. The van der Waals surface area contributed by atoms with Crippen LogP contribution in [0.3, 0.4) is 0 Å². The third-order valence-electron chi connectivity index (χ3n) is 5.51. The molecule has 0 spiro atoms. The number of aromatic amines is 2. The molecule has 0 bridgehead atoms. The second-order valence-electron chi connectivity index (χ2n) is 7.63. The Morgan fingerprint density at radius 2 is 1.97 bits per heavy atom. The molecule has 0 saturated carbocycles. The number of nitrogens with one attached hydrogen (secondary N) is 2. The minimum absolute atomic E-state index is 0.128. The quantitative estimate of drug-likeness (QED) is 0.439. The van der Waals surface area contributed by atoms with Crippen molar-refractivity contribution in [2.75, 3.05) is 26.8 Å². The molecule has 1 fully saturated rings. The van der Waals surface area contributed by atoms with Gasteiger partial charge in [0.25, 0.3) is 11.6 Å². The van der Waals surface area contributed by atoms with E-state index in [-0.39, 0.29) is 29.2 Å². The molecule has 1 aliphatic heterocycles. The van der Waals surface area contributed by atoms with E-state index in [9.17, 15) is 14.4 Å². The third-order valence-corrected chi connectivity index (χ3v) is 5.51. The molecule has 0 radical (unpaired) electrons. The summed E-state index contributed by atoms with van der Waals surface area (Å²) in [5.74, 6) is -0.179. The Morgan fingerprint density at radius 3 is 2.73 bits per heavy atom. The van der Waals surface area contributed by atoms with Crippen molar-refractivity contribution in [2.24, 2.45) is 0 Å². The summed E-state index contributed by atoms with van der Waals surface area (Å²) in [5, 5.41) is 0. The van der Waals surface area contributed by atoms with Crippen LogP contribution in [0.1, 0.15) is 51.9 Å². The predicted octanol–water partition coefficient (Wildman–Crippen LogP) is 1.40. The molecule has 0 aliphatic carbocycles. The minimum atomic E-state index is -0.420. The summed E-state index contributed by atoms with van der Waals surface area (Å²) >= 11 is 0. The maximum atomic E-state index is 12.3. The monoisotopic (exact) mass is 421 g/mol. The zero-order valence-electron chi connectivity index (χ0n) is 17.7. The molecule has 10 heteroatoms. The highest BCUT2D eigenvalue weighted by Gasteiger charge is 2.28. The number of carbonyl (C=O) groups excluding carboxylic acids is 1. The topological polar surface area (TPSA) is 122 Å². The summed E-state index contributed by atoms with van der Waals surface area (Å²) in [7, 11) is 1.42. The number of fused-ring (bicyclic) bond motifs is 1. The fourth-order valence-corrected chi connectivity index (χ4v) is 3.86. The number of piperidine rings is 1. The van der Waals surface area contributed by atoms with E-state index in [4.69, 9.17) is 9.47 Å². The van der Waals surface area contributed by atoms with Crippen LogP contribution in [0, 0.1) is 0 Å². The van der Waals surface area contributed by atoms with Crippen LogP contribution >= 0.6 is 0 Å². The van der Waals surface area contributed by atoms with Gasteiger partial charge in [0.1, 0.15) is 6.04 Å². The highest BCUT2D eigenvalue weighted by atomic mass is 16.5. The van der Waals surface area contributed by atoms with Gasteiger partial charge in [-0.15, -0.1) is 0 Å². The number of esters is 1. The van der Waals surface area contributed by atoms with Gasteiger partial charge in [0.15, 0.2) is 11.2 Å². The van der Waals surface area contributed by atoms with Crippen LogP contribution in [0.5, 0.6) is 6.01 Å². The van der Waals surface area contributed by atoms with E-state index < -0.39 is 5.56 Å². The minimum Gasteiger partial charge on any atom is -0.468 e. The molecule has 2 N–H and O–H groups in total. The highest BCUT2D eigenvalue weighted by Crippen LogP contribution is 2.19. The van der Waals surface area contributed by atoms with E-state index in [0.29, 0.717) is 18.8 Å². The molecule has 0 aromatic carbocycles. The Balaban J connectivity index is 1.64. The van der Waals surface area contributed by atoms with E-state index in [1.165, 1.54) is 11.7 Å². The lowest BCUT2D eigenvalue weighted by Gasteiger charge is -2.33. The first-order chi connectivity index (χ1) is 14.5. The number of aromatic nitrogens is 4. The van der Waals surface area contributed by atoms with Crippen LogP contribution in [-0.2, 0) is 16.1 Å². The molecule has 1 atom stereocenters. The molecule has 0 amide bonds. The van der Waals surface area contributed by atoms with Crippen LogP contribution in [0.25, 0.3) is 11.2 Å². The van der Waals surface area contributed by atoms with Crippen LogP contribution in [0.2, 0.25) is 0 Å². The zero-order valence-corrected chi connectivity index (χ0v) is 17.7. The molecule has 3 heterocycles. The van der Waals surface area contributed by atoms with Gasteiger partial charge in [-0.05, 0) is 45.2 Å². The standard InChI is InChI=1S/C20H31N5O5/c1-3-4-13-30-19-22-16-15(17(26)23-19)21-20(28)25(16)12-8-7-11-24-10-6-5-9-14(24)18(27)29-2/h14H,3-13H2,1-2H3,(H,21,28)(H,22,23,26). The first-order valence-corrected chi connectivity index (χ1v) is 10.7. The molecule has 2 aromatic rings. The summed E-state index contributed by atoms with van der Waals surface area (Å²) in [6, 6.07) is -0.0504. The molecule has 1 unspecified atom stereocenters. The lowest BCUT2D eigenvalue weighted by atomic mass is 10.0. The van der Waals surface area contributed by atoms with E-state index in [1.807, 2.05) is 6.92 Å². The predicted molar refractivity (Wildman–Crippen MR) is 112 cm³/mol. The number of hydrogen-bond donors (Lipinski definition) is 2. The Labute approximate surface area is 174 Å². The van der Waals surface area contributed by atoms with Crippen molar-refractivity contribution >= 4 is 17.1 Å². The van der Waals surface area contributed by atoms with Gasteiger partial charge in [-0.25, -0.2) is 4.79 Å². The van der Waals surface area contributed by atoms with Gasteiger partial charge in [0.05, 0.1) is 13.7 Å². The van der Waals surface area contributed by atoms with Crippen molar-refractivity contribution in [3.63, 3.8) is 0 Å². The Kier molecular flexibility index (Phi) is 7.67. The summed E-state index contributed by atoms with van der Waals surface area (Å²) in [6.07, 6.45) is 6.28. The molecule has 1 saturated heterocycles. The number of aryl methyl sites for hydroxylation is 1. The lowest BCUT2D eigenvalue weighted by molar-refractivity contribution is -0.148. The van der Waals surface area contributed by atoms with Crippen molar-refractivity contribution in [3.8, 4) is 6.01 Å². The maximum Gasteiger partial charge on any atom is 0.327 e. The van der Waals surface area contributed by atoms with Crippen LogP contribution in [0.15, 0.2) is 9.59 Å². The highest BCUT2D eigenvalue weighted by molar-refractivity contribution is 5.75. The average molecular weight is 421 g/mol. The van der Waals surface area contributed by atoms with Gasteiger partial charge >= 0.3 is 11.7 Å². The molecule has 1 aliphatic rings. The van der Waals surface area contributed by atoms with Gasteiger partial charge in [0.2, 0.25) is 0 Å². The van der Waals surface area contributed by atoms with E-state index in [2.05, 4.69) is 19.9 Å². The maximum absolute atomic E-state index is 12.3. The fourth-order valence-electron chi connectivity index (χ4n) is 3.86. The number of carbonyl (C=O) groups is 1. The van der Waals surface area contributed by atoms with Crippen molar-refractivity contribution in [1.29, 1.82) is 0 Å². The summed E-state index contributed by atoms with van der Waals surface area (Å²) in [5.41, 5.74) is -0.319. The van der Waals surface area contributed by atoms with Gasteiger partial charge in [-0.1, -0.05) is 19.8 Å². The summed E-state index contributed by atoms with van der Waals surface area (Å²) in [6.45, 7) is 4.57. The SMILES string of the molecule is CCCCOc1nc2c([nH]c(=O)n2CCCCN2CCCCC2C(=O)OC)c(=O)[nH]1. The third kappa shape index (κ3) is 5.10. The summed E-state index contributed by atoms with van der Waals surface area (Å²) in [4.78, 5) is 48.2. The number of imidazole rings is 1. The summed E-state index contributed by atoms with van der Waals surface area (Å²) < 4.78 is 11.9. The average Bonchev–Trinajstić information content (AvgIpc) is 3.07. The van der Waals surface area contributed by atoms with E-state index >= 15 is 0 Å². The first-order valence-electron chi connectivity index (χ1n) is 10.7. The lowest BCUT2D eigenvalue weighted by Crippen LogP contribution is -2.45. The normalized spacial score (nSPS) is 17.3. The van der Waals surface area contributed by atoms with Crippen LogP contribution in [-0.4, -0.2) is 63.2 Å². The Bertz CT molecular complexity index is 963. The van der Waals surface area contributed by atoms with Crippen molar-refractivity contribution in [3.05, 3.63) is 20.8 Å². The largest absolute Gasteiger partial charge is 0.468 e. The van der Waals surface area contributed by atoms with Crippen molar-refractivity contribution in [2.45, 2.75) is 64.5 Å². The Hall–Kier alpha value is -2.62. The molecular weight excluding hydrogens is 390 g/mol. The zero-order chi connectivity index (χ0) is 21.5. The number of unbranched alkanes of at least 4 members (excludes halogenated alkanes) is 2. The number of methoxy groups -OCH3 is 1. The second-order valence-corrected chi connectivity index (χ2v) is 7.63. The molecule has 10 nitrogen and oxygen atoms in total. The number of likely N-dealkylation sites (tertiary alicyclic amines) is 1. The van der Waals surface area contributed by atoms with Crippen molar-refractivity contribution in [1.82, 2.24) is 24.4 Å². The molecule has 3 rings (SSSR count). The van der Waals surface area contributed by atoms with Crippen LogP contribution < -0.4 is 16.0 Å². The molecule has 2 aromatic heterocycles. The number of nitrogens with zero attached hydrogens (tertiary/aromatic N) is 3. The van der Waals surface area contributed by atoms with Gasteiger partial charge in [0, 0.05) is 6.54 Å². The smallest absolute Gasteiger partial charge is 0.327 e. The number of ether oxygens (including phenoxy) is 2. The first kappa shape index (κ1) is 22.1. The van der Waals surface area contributed by atoms with E-state index in [1.54, 1.807) is 0 Å². The second kappa shape index (κ2) is 10.4. The van der Waals surface area contributed by atoms with Gasteiger partial charge in [-0.2, -0.15) is 4.98 Å². The Morgan fingerprint density at radius 1 is 1.17 bits per heavy atom. The number of rotatable bonds is 10. The van der Waals surface area contributed by atoms with Crippen molar-refractivity contribution < 1.29 is 14.3 Å². The molecular formula is C20H31N5O5. The number of H-pyrrole nitrogens is 2. The fraction of sp³-hybridized carbons (Fsp3) is 0.700. The van der Waals surface area contributed by atoms with Gasteiger partial charge < -0.3 is 9.47 Å².